The largest absolute Gasteiger partial charge is 0.493 e. The number of pyridine rings is 1. The van der Waals surface area contributed by atoms with E-state index in [1.165, 1.54) is 11.8 Å². The van der Waals surface area contributed by atoms with Crippen LogP contribution >= 0.6 is 11.8 Å². The summed E-state index contributed by atoms with van der Waals surface area (Å²) in [6.45, 7) is 2.04. The minimum Gasteiger partial charge on any atom is -0.493 e. The van der Waals surface area contributed by atoms with Crippen LogP contribution in [0, 0.1) is 6.92 Å². The smallest absolute Gasteiger partial charge is 0.196 e. The van der Waals surface area contributed by atoms with E-state index in [9.17, 15) is 4.79 Å². The number of thioether (sulfide) groups is 1. The van der Waals surface area contributed by atoms with Crippen LogP contribution in [0.1, 0.15) is 15.9 Å². The van der Waals surface area contributed by atoms with Gasteiger partial charge in [0.05, 0.1) is 20.0 Å². The highest BCUT2D eigenvalue weighted by atomic mass is 32.2. The van der Waals surface area contributed by atoms with Gasteiger partial charge in [0.15, 0.2) is 28.3 Å². The molecule has 0 aliphatic rings. The molecule has 0 fully saturated rings. The van der Waals surface area contributed by atoms with Crippen LogP contribution in [0.25, 0.3) is 17.1 Å². The molecule has 0 aliphatic heterocycles. The van der Waals surface area contributed by atoms with E-state index in [1.54, 1.807) is 44.8 Å². The molecule has 0 saturated heterocycles. The van der Waals surface area contributed by atoms with Crippen molar-refractivity contribution in [1.82, 2.24) is 19.7 Å². The predicted octanol–water partition coefficient (Wildman–Crippen LogP) is 4.63. The summed E-state index contributed by atoms with van der Waals surface area (Å²) >= 11 is 1.34. The van der Waals surface area contributed by atoms with Gasteiger partial charge in [-0.3, -0.25) is 14.3 Å². The van der Waals surface area contributed by atoms with Crippen molar-refractivity contribution in [3.8, 4) is 28.6 Å². The molecule has 0 radical (unpaired) electrons. The summed E-state index contributed by atoms with van der Waals surface area (Å²) in [6, 6.07) is 17.0. The molecule has 0 atom stereocenters. The number of benzene rings is 2. The Kier molecular flexibility index (Phi) is 6.51. The van der Waals surface area contributed by atoms with E-state index in [4.69, 9.17) is 9.47 Å². The van der Waals surface area contributed by atoms with Crippen LogP contribution in [-0.2, 0) is 0 Å². The zero-order valence-electron chi connectivity index (χ0n) is 18.0. The standard InChI is InChI=1S/C24H22N4O3S/c1-16-4-7-19(8-5-16)28-23(17-10-12-25-13-11-17)26-27-24(28)32-15-20(29)18-6-9-21(30-2)22(14-18)31-3/h4-14H,15H2,1-3H3. The van der Waals surface area contributed by atoms with E-state index in [2.05, 4.69) is 15.2 Å². The third kappa shape index (κ3) is 4.50. The monoisotopic (exact) mass is 446 g/mol. The zero-order chi connectivity index (χ0) is 22.5. The number of Topliss-reactive ketones (excluding diaryl/α,β-unsaturated/α-hetero) is 1. The summed E-state index contributed by atoms with van der Waals surface area (Å²) in [5.74, 6) is 1.96. The number of rotatable bonds is 8. The molecule has 4 aromatic rings. The lowest BCUT2D eigenvalue weighted by Gasteiger charge is -2.11. The Hall–Kier alpha value is -3.65. The number of methoxy groups -OCH3 is 2. The van der Waals surface area contributed by atoms with Gasteiger partial charge >= 0.3 is 0 Å². The van der Waals surface area contributed by atoms with E-state index >= 15 is 0 Å². The van der Waals surface area contributed by atoms with Crippen LogP contribution in [0.3, 0.4) is 0 Å². The highest BCUT2D eigenvalue weighted by molar-refractivity contribution is 7.99. The minimum absolute atomic E-state index is 0.0418. The molecule has 0 saturated carbocycles. The molecule has 0 bridgehead atoms. The molecule has 2 heterocycles. The van der Waals surface area contributed by atoms with Gasteiger partial charge in [0.1, 0.15) is 0 Å². The number of nitrogens with zero attached hydrogens (tertiary/aromatic N) is 4. The van der Waals surface area contributed by atoms with Gasteiger partial charge in [-0.15, -0.1) is 10.2 Å². The van der Waals surface area contributed by atoms with Crippen molar-refractivity contribution in [2.45, 2.75) is 12.1 Å². The van der Waals surface area contributed by atoms with Gasteiger partial charge in [0.25, 0.3) is 0 Å². The van der Waals surface area contributed by atoms with E-state index in [-0.39, 0.29) is 11.5 Å². The SMILES string of the molecule is COc1ccc(C(=O)CSc2nnc(-c3ccncc3)n2-c2ccc(C)cc2)cc1OC. The molecule has 0 aliphatic carbocycles. The van der Waals surface area contributed by atoms with Crippen LogP contribution in [0.15, 0.2) is 72.1 Å². The Bertz CT molecular complexity index is 1220. The fraction of sp³-hybridized carbons (Fsp3) is 0.167. The summed E-state index contributed by atoms with van der Waals surface area (Å²) in [4.78, 5) is 17.0. The molecule has 2 aromatic heterocycles. The molecule has 7 nitrogen and oxygen atoms in total. The topological polar surface area (TPSA) is 79.1 Å². The number of ketones is 1. The summed E-state index contributed by atoms with van der Waals surface area (Å²) in [7, 11) is 3.11. The highest BCUT2D eigenvalue weighted by Crippen LogP contribution is 2.30. The molecular formula is C24H22N4O3S. The normalized spacial score (nSPS) is 10.7. The molecule has 0 amide bonds. The van der Waals surface area contributed by atoms with Gasteiger partial charge in [-0.25, -0.2) is 0 Å². The quantitative estimate of drug-likeness (QED) is 0.288. The molecular weight excluding hydrogens is 424 g/mol. The van der Waals surface area contributed by atoms with Gasteiger partial charge in [-0.2, -0.15) is 0 Å². The van der Waals surface area contributed by atoms with E-state index in [0.717, 1.165) is 16.8 Å². The van der Waals surface area contributed by atoms with Gasteiger partial charge in [0, 0.05) is 29.2 Å². The van der Waals surface area contributed by atoms with E-state index in [1.807, 2.05) is 47.9 Å². The maximum Gasteiger partial charge on any atom is 0.196 e. The first kappa shape index (κ1) is 21.6. The molecule has 32 heavy (non-hydrogen) atoms. The summed E-state index contributed by atoms with van der Waals surface area (Å²) in [5.41, 5.74) is 3.52. The number of ether oxygens (including phenoxy) is 2. The molecule has 0 N–H and O–H groups in total. The second-order valence-electron chi connectivity index (χ2n) is 6.99. The Balaban J connectivity index is 1.63. The van der Waals surface area contributed by atoms with Crippen molar-refractivity contribution in [3.05, 3.63) is 78.1 Å². The lowest BCUT2D eigenvalue weighted by atomic mass is 10.1. The fourth-order valence-electron chi connectivity index (χ4n) is 3.20. The number of aromatic nitrogens is 4. The third-order valence-electron chi connectivity index (χ3n) is 4.90. The lowest BCUT2D eigenvalue weighted by molar-refractivity contribution is 0.102. The Morgan fingerprint density at radius 2 is 1.66 bits per heavy atom. The number of carbonyl (C=O) groups is 1. The number of hydrogen-bond donors (Lipinski definition) is 0. The summed E-state index contributed by atoms with van der Waals surface area (Å²) in [5, 5.41) is 9.41. The first-order chi connectivity index (χ1) is 15.6. The van der Waals surface area contributed by atoms with Crippen molar-refractivity contribution in [2.75, 3.05) is 20.0 Å². The van der Waals surface area contributed by atoms with Crippen molar-refractivity contribution in [2.24, 2.45) is 0 Å². The number of carbonyl (C=O) groups excluding carboxylic acids is 1. The molecule has 162 valence electrons. The molecule has 0 unspecified atom stereocenters. The second kappa shape index (κ2) is 9.65. The summed E-state index contributed by atoms with van der Waals surface area (Å²) < 4.78 is 12.5. The second-order valence-corrected chi connectivity index (χ2v) is 7.94. The molecule has 0 spiro atoms. The van der Waals surface area contributed by atoms with Crippen LogP contribution in [-0.4, -0.2) is 45.5 Å². The number of aryl methyl sites for hydroxylation is 1. The summed E-state index contributed by atoms with van der Waals surface area (Å²) in [6.07, 6.45) is 3.44. The first-order valence-electron chi connectivity index (χ1n) is 9.91. The van der Waals surface area contributed by atoms with Crippen molar-refractivity contribution < 1.29 is 14.3 Å². The van der Waals surface area contributed by atoms with Crippen LogP contribution < -0.4 is 9.47 Å². The maximum absolute atomic E-state index is 12.9. The van der Waals surface area contributed by atoms with Crippen molar-refractivity contribution in [1.29, 1.82) is 0 Å². The average molecular weight is 447 g/mol. The predicted molar refractivity (Wildman–Crippen MR) is 124 cm³/mol. The zero-order valence-corrected chi connectivity index (χ0v) is 18.8. The Morgan fingerprint density at radius 3 is 2.34 bits per heavy atom. The molecule has 2 aromatic carbocycles. The highest BCUT2D eigenvalue weighted by Gasteiger charge is 2.18. The van der Waals surface area contributed by atoms with Gasteiger partial charge < -0.3 is 9.47 Å². The number of hydrogen-bond acceptors (Lipinski definition) is 7. The van der Waals surface area contributed by atoms with Gasteiger partial charge in [0.2, 0.25) is 0 Å². The minimum atomic E-state index is -0.0418. The van der Waals surface area contributed by atoms with Crippen LogP contribution in [0.2, 0.25) is 0 Å². The molecule has 4 rings (SSSR count). The fourth-order valence-corrected chi connectivity index (χ4v) is 4.05. The lowest BCUT2D eigenvalue weighted by Crippen LogP contribution is -2.05. The average Bonchev–Trinajstić information content (AvgIpc) is 3.27. The van der Waals surface area contributed by atoms with Crippen LogP contribution in [0.4, 0.5) is 0 Å². The van der Waals surface area contributed by atoms with Gasteiger partial charge in [-0.05, 0) is 49.4 Å². The van der Waals surface area contributed by atoms with Crippen molar-refractivity contribution >= 4 is 17.5 Å². The molecule has 8 heteroatoms. The Labute approximate surface area is 190 Å². The third-order valence-corrected chi connectivity index (χ3v) is 5.83. The van der Waals surface area contributed by atoms with E-state index in [0.29, 0.717) is 28.0 Å². The Morgan fingerprint density at radius 1 is 0.938 bits per heavy atom. The van der Waals surface area contributed by atoms with E-state index < -0.39 is 0 Å². The maximum atomic E-state index is 12.9. The first-order valence-corrected chi connectivity index (χ1v) is 10.9. The van der Waals surface area contributed by atoms with Crippen molar-refractivity contribution in [3.63, 3.8) is 0 Å². The van der Waals surface area contributed by atoms with Gasteiger partial charge in [-0.1, -0.05) is 29.5 Å². The van der Waals surface area contributed by atoms with Crippen LogP contribution in [0.5, 0.6) is 11.5 Å².